The van der Waals surface area contributed by atoms with Crippen LogP contribution in [-0.4, -0.2) is 46.7 Å². The summed E-state index contributed by atoms with van der Waals surface area (Å²) in [6.07, 6.45) is -1.16. The van der Waals surface area contributed by atoms with E-state index in [0.717, 1.165) is 0 Å². The lowest BCUT2D eigenvalue weighted by atomic mass is 10.1. The van der Waals surface area contributed by atoms with Gasteiger partial charge in [0.1, 0.15) is 6.10 Å². The standard InChI is InChI=1S/C9H18O5/c1-2-14-9(13)5-3-4-7(11)8(12)6-10/h7-8,10-12H,2-6H2,1H3/t7-,8+/m1/s1. The second kappa shape index (κ2) is 7.73. The maximum Gasteiger partial charge on any atom is 0.305 e. The van der Waals surface area contributed by atoms with E-state index in [2.05, 4.69) is 4.74 Å². The number of esters is 1. The first-order chi connectivity index (χ1) is 6.61. The molecule has 5 nitrogen and oxygen atoms in total. The van der Waals surface area contributed by atoms with Gasteiger partial charge >= 0.3 is 5.97 Å². The van der Waals surface area contributed by atoms with Crippen LogP contribution in [0.25, 0.3) is 0 Å². The van der Waals surface area contributed by atoms with Gasteiger partial charge in [-0.15, -0.1) is 0 Å². The molecule has 2 atom stereocenters. The van der Waals surface area contributed by atoms with Gasteiger partial charge in [-0.05, 0) is 19.8 Å². The molecule has 3 N–H and O–H groups in total. The molecular weight excluding hydrogens is 188 g/mol. The first-order valence-electron chi connectivity index (χ1n) is 4.74. The molecule has 84 valence electrons. The van der Waals surface area contributed by atoms with Gasteiger partial charge in [-0.25, -0.2) is 0 Å². The molecule has 0 radical (unpaired) electrons. The van der Waals surface area contributed by atoms with E-state index in [1.54, 1.807) is 6.92 Å². The minimum atomic E-state index is -1.13. The second-order valence-corrected chi connectivity index (χ2v) is 3.01. The third kappa shape index (κ3) is 5.90. The van der Waals surface area contributed by atoms with Crippen molar-refractivity contribution in [2.45, 2.75) is 38.4 Å². The van der Waals surface area contributed by atoms with Crippen LogP contribution in [-0.2, 0) is 9.53 Å². The number of carbonyl (C=O) groups excluding carboxylic acids is 1. The lowest BCUT2D eigenvalue weighted by Gasteiger charge is -2.14. The van der Waals surface area contributed by atoms with Crippen molar-refractivity contribution < 1.29 is 24.9 Å². The number of aliphatic hydroxyl groups is 3. The van der Waals surface area contributed by atoms with Gasteiger partial charge in [0, 0.05) is 6.42 Å². The fourth-order valence-corrected chi connectivity index (χ4v) is 1.00. The topological polar surface area (TPSA) is 87.0 Å². The van der Waals surface area contributed by atoms with Gasteiger partial charge in [-0.2, -0.15) is 0 Å². The maximum absolute atomic E-state index is 10.8. The Morgan fingerprint density at radius 1 is 1.36 bits per heavy atom. The number of ether oxygens (including phenoxy) is 1. The van der Waals surface area contributed by atoms with Crippen LogP contribution in [0.2, 0.25) is 0 Å². The van der Waals surface area contributed by atoms with E-state index in [4.69, 9.17) is 10.2 Å². The monoisotopic (exact) mass is 206 g/mol. The largest absolute Gasteiger partial charge is 0.466 e. The van der Waals surface area contributed by atoms with E-state index in [-0.39, 0.29) is 18.8 Å². The molecule has 0 aromatic carbocycles. The number of hydrogen-bond acceptors (Lipinski definition) is 5. The molecule has 0 aliphatic heterocycles. The Hall–Kier alpha value is -0.650. The SMILES string of the molecule is CCOC(=O)CCC[C@@H](O)[C@@H](O)CO. The minimum absolute atomic E-state index is 0.225. The molecule has 0 saturated heterocycles. The van der Waals surface area contributed by atoms with Crippen molar-refractivity contribution in [3.63, 3.8) is 0 Å². The smallest absolute Gasteiger partial charge is 0.305 e. The Morgan fingerprint density at radius 2 is 2.00 bits per heavy atom. The molecule has 0 bridgehead atoms. The van der Waals surface area contributed by atoms with Gasteiger partial charge in [-0.3, -0.25) is 4.79 Å². The Bertz CT molecular complexity index is 159. The highest BCUT2D eigenvalue weighted by Crippen LogP contribution is 2.05. The third-order valence-electron chi connectivity index (χ3n) is 1.82. The fourth-order valence-electron chi connectivity index (χ4n) is 1.00. The van der Waals surface area contributed by atoms with E-state index < -0.39 is 18.8 Å². The Balaban J connectivity index is 3.48. The van der Waals surface area contributed by atoms with E-state index in [0.29, 0.717) is 13.0 Å². The molecule has 0 unspecified atom stereocenters. The Labute approximate surface area is 83.3 Å². The highest BCUT2D eigenvalue weighted by Gasteiger charge is 2.15. The van der Waals surface area contributed by atoms with Crippen LogP contribution < -0.4 is 0 Å². The van der Waals surface area contributed by atoms with E-state index in [9.17, 15) is 9.90 Å². The van der Waals surface area contributed by atoms with Gasteiger partial charge in [0.2, 0.25) is 0 Å². The molecule has 0 amide bonds. The van der Waals surface area contributed by atoms with Gasteiger partial charge in [-0.1, -0.05) is 0 Å². The summed E-state index contributed by atoms with van der Waals surface area (Å²) in [6, 6.07) is 0. The highest BCUT2D eigenvalue weighted by atomic mass is 16.5. The summed E-state index contributed by atoms with van der Waals surface area (Å²) in [7, 11) is 0. The van der Waals surface area contributed by atoms with Crippen LogP contribution in [0.3, 0.4) is 0 Å². The summed E-state index contributed by atoms with van der Waals surface area (Å²) in [4.78, 5) is 10.8. The zero-order chi connectivity index (χ0) is 11.0. The molecule has 0 aromatic heterocycles. The van der Waals surface area contributed by atoms with Gasteiger partial charge in [0.15, 0.2) is 0 Å². The first-order valence-corrected chi connectivity index (χ1v) is 4.74. The zero-order valence-corrected chi connectivity index (χ0v) is 8.35. The number of aliphatic hydroxyl groups excluding tert-OH is 3. The van der Waals surface area contributed by atoms with Gasteiger partial charge < -0.3 is 20.1 Å². The summed E-state index contributed by atoms with van der Waals surface area (Å²) < 4.78 is 4.68. The van der Waals surface area contributed by atoms with Crippen molar-refractivity contribution in [1.82, 2.24) is 0 Å². The molecule has 0 spiro atoms. The summed E-state index contributed by atoms with van der Waals surface area (Å²) in [5.74, 6) is -0.307. The van der Waals surface area contributed by atoms with Crippen LogP contribution in [0.15, 0.2) is 0 Å². The van der Waals surface area contributed by atoms with Crippen LogP contribution in [0.4, 0.5) is 0 Å². The first kappa shape index (κ1) is 13.4. The lowest BCUT2D eigenvalue weighted by molar-refractivity contribution is -0.143. The fraction of sp³-hybridized carbons (Fsp3) is 0.889. The molecule has 0 aromatic rings. The number of rotatable bonds is 7. The van der Waals surface area contributed by atoms with Crippen LogP contribution in [0.1, 0.15) is 26.2 Å². The van der Waals surface area contributed by atoms with Crippen molar-refractivity contribution >= 4 is 5.97 Å². The Morgan fingerprint density at radius 3 is 2.50 bits per heavy atom. The lowest BCUT2D eigenvalue weighted by Crippen LogP contribution is -2.29. The molecule has 0 rings (SSSR count). The third-order valence-corrected chi connectivity index (χ3v) is 1.82. The van der Waals surface area contributed by atoms with Crippen molar-refractivity contribution in [1.29, 1.82) is 0 Å². The molecular formula is C9H18O5. The van der Waals surface area contributed by atoms with Crippen LogP contribution >= 0.6 is 0 Å². The molecule has 5 heteroatoms. The van der Waals surface area contributed by atoms with Crippen molar-refractivity contribution in [3.05, 3.63) is 0 Å². The average molecular weight is 206 g/mol. The minimum Gasteiger partial charge on any atom is -0.466 e. The predicted octanol–water partition coefficient (Wildman–Crippen LogP) is -0.566. The van der Waals surface area contributed by atoms with Crippen molar-refractivity contribution in [3.8, 4) is 0 Å². The Kier molecular flexibility index (Phi) is 7.37. The van der Waals surface area contributed by atoms with E-state index in [1.807, 2.05) is 0 Å². The molecule has 0 heterocycles. The molecule has 0 fully saturated rings. The van der Waals surface area contributed by atoms with E-state index in [1.165, 1.54) is 0 Å². The van der Waals surface area contributed by atoms with Crippen LogP contribution in [0, 0.1) is 0 Å². The quantitative estimate of drug-likeness (QED) is 0.486. The van der Waals surface area contributed by atoms with Gasteiger partial charge in [0.05, 0.1) is 19.3 Å². The molecule has 14 heavy (non-hydrogen) atoms. The highest BCUT2D eigenvalue weighted by molar-refractivity contribution is 5.69. The maximum atomic E-state index is 10.8. The normalized spacial score (nSPS) is 14.9. The van der Waals surface area contributed by atoms with Crippen molar-refractivity contribution in [2.24, 2.45) is 0 Å². The summed E-state index contributed by atoms with van der Waals surface area (Å²) >= 11 is 0. The van der Waals surface area contributed by atoms with Gasteiger partial charge in [0.25, 0.3) is 0 Å². The predicted molar refractivity (Wildman–Crippen MR) is 49.6 cm³/mol. The van der Waals surface area contributed by atoms with E-state index >= 15 is 0 Å². The number of hydrogen-bond donors (Lipinski definition) is 3. The zero-order valence-electron chi connectivity index (χ0n) is 8.35. The summed E-state index contributed by atoms with van der Waals surface area (Å²) in [6.45, 7) is 1.60. The molecule has 0 aliphatic carbocycles. The van der Waals surface area contributed by atoms with Crippen LogP contribution in [0.5, 0.6) is 0 Å². The second-order valence-electron chi connectivity index (χ2n) is 3.01. The molecule has 0 saturated carbocycles. The van der Waals surface area contributed by atoms with Crippen molar-refractivity contribution in [2.75, 3.05) is 13.2 Å². The summed E-state index contributed by atoms with van der Waals surface area (Å²) in [5, 5.41) is 26.7. The summed E-state index contributed by atoms with van der Waals surface area (Å²) in [5.41, 5.74) is 0. The molecule has 0 aliphatic rings. The average Bonchev–Trinajstić information content (AvgIpc) is 2.16. The number of carbonyl (C=O) groups is 1.